The molecule has 0 atom stereocenters. The van der Waals surface area contributed by atoms with Gasteiger partial charge in [-0.1, -0.05) is 71.7 Å². The summed E-state index contributed by atoms with van der Waals surface area (Å²) >= 11 is 10.2. The number of thiazole rings is 1. The van der Waals surface area contributed by atoms with E-state index in [1.807, 2.05) is 112 Å². The Kier molecular flexibility index (Phi) is 69.3. The van der Waals surface area contributed by atoms with E-state index in [0.29, 0.717) is 0 Å². The Morgan fingerprint density at radius 3 is 0.957 bits per heavy atom. The predicted octanol–water partition coefficient (Wildman–Crippen LogP) is 11.4. The zero-order chi connectivity index (χ0) is 65.8. The Balaban J connectivity index is 0.000000977. The molecule has 94 heavy (non-hydrogen) atoms. The van der Waals surface area contributed by atoms with Crippen molar-refractivity contribution in [3.63, 3.8) is 0 Å². The van der Waals surface area contributed by atoms with Crippen molar-refractivity contribution < 1.29 is 8.94 Å². The maximum absolute atomic E-state index is 4.36. The summed E-state index contributed by atoms with van der Waals surface area (Å²) in [5, 5.41) is 54.2. The first-order valence-electron chi connectivity index (χ1n) is 25.1. The van der Waals surface area contributed by atoms with E-state index >= 15 is 0 Å². The van der Waals surface area contributed by atoms with Gasteiger partial charge in [-0.25, -0.2) is 39.3 Å². The lowest BCUT2D eigenvalue weighted by atomic mass is 10.4. The molecule has 0 radical (unpaired) electrons. The standard InChI is InChI=1S/C6H6.C5H5N.4C4H4N2.C4H4S.2C3H3N3.2C3H3NS.2C2H2N2O.4C2H2N2S.CH4/c2*1-2-4-6-5-3-1;1-2-6-4-3-5-1;2*1-2-5-4-6-3-1;1-2-4-6-5-3-1;1-2-4-5-3-1;1-2-5-6-3-4-1;1-2-4-6-5-3-1;1-2-5-3-4-1;1-2-4-5-3-1;1-3-4-2-5-1;1-3-2-5-4-1;1-3-4-2-5-1;1-3-2-5-4-1;1-2-5-4-3-1;1-2-4-5-3-1;/h1-6H;1-5H;4*1-4H;1-4H;2*1-3H;2*1-3H;6*1-2H;1H4. The monoisotopic (exact) mass is 1390 g/mol. The molecule has 0 spiro atoms. The minimum atomic E-state index is 0. The number of aromatic nitrogens is 29. The van der Waals surface area contributed by atoms with Gasteiger partial charge in [0.1, 0.15) is 41.8 Å². The molecule has 0 amide bonds. The summed E-state index contributed by atoms with van der Waals surface area (Å²) in [4.78, 5) is 40.3. The first-order chi connectivity index (χ1) is 46.5. The molecule has 17 aromatic rings. The highest BCUT2D eigenvalue weighted by Crippen LogP contribution is 1.92. The SMILES string of the molecule is C.c1ccccc1.c1ccncc1.c1ccnnc1.c1ccsc1.c1cnccn1.c1cncnc1.c1cncnc1.c1cnncn1.c1cnnnc1.c1cnsc1.c1cnsn1.c1cscn1.c1csnn1.c1ncon1.c1ncsn1.c1nnco1.c1nncs1. The van der Waals surface area contributed by atoms with Crippen LogP contribution in [-0.4, -0.2) is 143 Å². The number of hydrogen-bond acceptors (Lipinski definition) is 38. The van der Waals surface area contributed by atoms with Crippen molar-refractivity contribution in [1.82, 2.24) is 143 Å². The number of benzene rings is 1. The van der Waals surface area contributed by atoms with E-state index in [0.717, 1.165) is 0 Å². The van der Waals surface area contributed by atoms with Crippen LogP contribution in [0.4, 0.5) is 0 Å². The Morgan fingerprint density at radius 1 is 0.234 bits per heavy atom. The molecule has 0 aliphatic rings. The number of hydrogen-bond donors (Lipinski definition) is 0. The van der Waals surface area contributed by atoms with E-state index in [1.54, 1.807) is 187 Å². The molecule has 0 saturated carbocycles. The number of nitrogens with zero attached hydrogens (tertiary/aromatic N) is 29. The van der Waals surface area contributed by atoms with Crippen LogP contribution >= 0.6 is 80.3 Å². The fraction of sp³-hybridized carbons (Fsp3) is 0.0179. The molecule has 16 heterocycles. The van der Waals surface area contributed by atoms with Crippen molar-refractivity contribution in [2.45, 2.75) is 7.43 Å². The smallest absolute Gasteiger partial charge is 0.213 e. The molecule has 0 N–H and O–H groups in total. The van der Waals surface area contributed by atoms with Gasteiger partial charge in [0.2, 0.25) is 19.2 Å². The van der Waals surface area contributed by atoms with Crippen LogP contribution in [0.3, 0.4) is 0 Å². The molecule has 0 fully saturated rings. The second kappa shape index (κ2) is 79.2. The minimum absolute atomic E-state index is 0. The molecular weight excluding hydrogens is 1340 g/mol. The molecule has 38 heteroatoms. The Bertz CT molecular complexity index is 2450. The topological polar surface area (TPSA) is 400 Å². The van der Waals surface area contributed by atoms with Gasteiger partial charge in [-0.05, 0) is 99.1 Å². The van der Waals surface area contributed by atoms with Crippen molar-refractivity contribution in [3.8, 4) is 0 Å². The average Bonchev–Trinajstić information content (AvgIpc) is 4.51. The van der Waals surface area contributed by atoms with E-state index in [9.17, 15) is 0 Å². The number of thiophene rings is 1. The highest BCUT2D eigenvalue weighted by atomic mass is 32.1. The van der Waals surface area contributed by atoms with Gasteiger partial charge in [-0.2, -0.15) is 39.8 Å². The van der Waals surface area contributed by atoms with E-state index in [2.05, 4.69) is 152 Å². The van der Waals surface area contributed by atoms with Gasteiger partial charge in [0.25, 0.3) is 0 Å². The normalized spacial score (nSPS) is 7.91. The molecule has 482 valence electrons. The zero-order valence-electron chi connectivity index (χ0n) is 48.4. The van der Waals surface area contributed by atoms with Crippen LogP contribution in [0, 0.1) is 0 Å². The van der Waals surface area contributed by atoms with E-state index in [4.69, 9.17) is 0 Å². The number of rotatable bonds is 0. The first kappa shape index (κ1) is 82.2. The van der Waals surface area contributed by atoms with Gasteiger partial charge in [0.05, 0.1) is 54.4 Å². The van der Waals surface area contributed by atoms with Crippen LogP contribution < -0.4 is 0 Å². The summed E-state index contributed by atoms with van der Waals surface area (Å²) in [5.74, 6) is 0. The molecule has 0 aliphatic carbocycles. The van der Waals surface area contributed by atoms with E-state index in [-0.39, 0.29) is 7.43 Å². The van der Waals surface area contributed by atoms with Crippen LogP contribution in [0.5, 0.6) is 0 Å². The molecular formula is C56H59N29O2S7. The van der Waals surface area contributed by atoms with E-state index in [1.165, 1.54) is 115 Å². The second-order valence-electron chi connectivity index (χ2n) is 13.1. The summed E-state index contributed by atoms with van der Waals surface area (Å²) in [5.41, 5.74) is 6.83. The molecule has 1 aromatic carbocycles. The van der Waals surface area contributed by atoms with Crippen molar-refractivity contribution in [1.29, 1.82) is 0 Å². The molecule has 0 saturated heterocycles. The average molecular weight is 1390 g/mol. The zero-order valence-corrected chi connectivity index (χ0v) is 54.1. The summed E-state index contributed by atoms with van der Waals surface area (Å²) in [6, 6.07) is 32.6. The Labute approximate surface area is 569 Å². The van der Waals surface area contributed by atoms with Gasteiger partial charge in [-0.3, -0.25) is 19.9 Å². The van der Waals surface area contributed by atoms with E-state index < -0.39 is 0 Å². The maximum Gasteiger partial charge on any atom is 0.213 e. The Morgan fingerprint density at radius 2 is 0.787 bits per heavy atom. The fourth-order valence-electron chi connectivity index (χ4n) is 3.52. The van der Waals surface area contributed by atoms with Crippen molar-refractivity contribution in [2.24, 2.45) is 0 Å². The second-order valence-corrected chi connectivity index (χ2v) is 17.9. The number of pyridine rings is 1. The van der Waals surface area contributed by atoms with Crippen molar-refractivity contribution >= 4 is 80.3 Å². The van der Waals surface area contributed by atoms with Crippen molar-refractivity contribution in [2.75, 3.05) is 0 Å². The molecule has 31 nitrogen and oxygen atoms in total. The third-order valence-electron chi connectivity index (χ3n) is 6.78. The van der Waals surface area contributed by atoms with Crippen LogP contribution in [0.15, 0.2) is 342 Å². The predicted molar refractivity (Wildman–Crippen MR) is 362 cm³/mol. The van der Waals surface area contributed by atoms with Crippen molar-refractivity contribution in [3.05, 3.63) is 333 Å². The molecule has 0 aliphatic heterocycles. The summed E-state index contributed by atoms with van der Waals surface area (Å²) in [7, 11) is 0. The lowest BCUT2D eigenvalue weighted by Gasteiger charge is -1.70. The molecule has 17 rings (SSSR count). The van der Waals surface area contributed by atoms with Gasteiger partial charge in [0, 0.05) is 109 Å². The summed E-state index contributed by atoms with van der Waals surface area (Å²) in [6.07, 6.45) is 45.9. The summed E-state index contributed by atoms with van der Waals surface area (Å²) < 4.78 is 26.8. The maximum atomic E-state index is 4.36. The van der Waals surface area contributed by atoms with Gasteiger partial charge in [0.15, 0.2) is 6.33 Å². The third kappa shape index (κ3) is 76.3. The fourth-order valence-corrected chi connectivity index (χ4v) is 5.76. The van der Waals surface area contributed by atoms with Gasteiger partial charge >= 0.3 is 0 Å². The van der Waals surface area contributed by atoms with Crippen LogP contribution in [0.2, 0.25) is 0 Å². The highest BCUT2D eigenvalue weighted by molar-refractivity contribution is 7.08. The third-order valence-corrected chi connectivity index (χ3v) is 10.2. The lowest BCUT2D eigenvalue weighted by molar-refractivity contribution is 0.416. The molecule has 0 bridgehead atoms. The quantitative estimate of drug-likeness (QED) is 0.136. The summed E-state index contributed by atoms with van der Waals surface area (Å²) in [6.45, 7) is 0. The van der Waals surface area contributed by atoms with Gasteiger partial charge < -0.3 is 8.94 Å². The van der Waals surface area contributed by atoms with Crippen LogP contribution in [-0.2, 0) is 0 Å². The first-order valence-corrected chi connectivity index (χ1v) is 31.2. The van der Waals surface area contributed by atoms with Gasteiger partial charge in [-0.15, -0.1) is 63.5 Å². The van der Waals surface area contributed by atoms with Crippen LogP contribution in [0.1, 0.15) is 7.43 Å². The van der Waals surface area contributed by atoms with Crippen LogP contribution in [0.25, 0.3) is 0 Å². The minimum Gasteiger partial charge on any atom is -0.431 e. The molecule has 16 aromatic heterocycles. The molecule has 0 unspecified atom stereocenters. The lowest BCUT2D eigenvalue weighted by Crippen LogP contribution is -1.78. The highest BCUT2D eigenvalue weighted by Gasteiger charge is 1.68. The largest absolute Gasteiger partial charge is 0.431 e. The Hall–Kier alpha value is -11.8.